The van der Waals surface area contributed by atoms with Crippen molar-refractivity contribution in [2.24, 2.45) is 5.92 Å². The van der Waals surface area contributed by atoms with Crippen LogP contribution in [0.2, 0.25) is 5.02 Å². The summed E-state index contributed by atoms with van der Waals surface area (Å²) in [5.41, 5.74) is 1.74. The standard InChI is InChI=1S/C17H18ClNO4/c1-9(2)6-13(17(21)22)19-8-11-7-10-4-3-5-12(18)14(10)23-15(11)16(19)20/h3-5,9,13H,6-8H2,1-2H3,(H,21,22). The topological polar surface area (TPSA) is 66.8 Å². The molecule has 0 saturated carbocycles. The molecule has 2 aliphatic heterocycles. The fraction of sp³-hybridized carbons (Fsp3) is 0.412. The van der Waals surface area contributed by atoms with Crippen molar-refractivity contribution >= 4 is 23.5 Å². The molecule has 6 heteroatoms. The lowest BCUT2D eigenvalue weighted by molar-refractivity contribution is -0.149. The predicted molar refractivity (Wildman–Crippen MR) is 85.4 cm³/mol. The number of hydrogen-bond acceptors (Lipinski definition) is 3. The summed E-state index contributed by atoms with van der Waals surface area (Å²) < 4.78 is 5.73. The molecule has 5 nitrogen and oxygen atoms in total. The van der Waals surface area contributed by atoms with Crippen molar-refractivity contribution in [3.63, 3.8) is 0 Å². The van der Waals surface area contributed by atoms with Gasteiger partial charge in [0.15, 0.2) is 5.76 Å². The summed E-state index contributed by atoms with van der Waals surface area (Å²) in [4.78, 5) is 25.6. The average Bonchev–Trinajstić information content (AvgIpc) is 2.79. The van der Waals surface area contributed by atoms with Crippen LogP contribution in [0.4, 0.5) is 0 Å². The molecule has 0 spiro atoms. The lowest BCUT2D eigenvalue weighted by Crippen LogP contribution is -2.44. The van der Waals surface area contributed by atoms with E-state index in [1.165, 1.54) is 4.90 Å². The number of ether oxygens (including phenoxy) is 1. The lowest BCUT2D eigenvalue weighted by Gasteiger charge is -2.25. The minimum Gasteiger partial charge on any atom is -0.480 e. The first-order chi connectivity index (χ1) is 10.9. The summed E-state index contributed by atoms with van der Waals surface area (Å²) in [5, 5.41) is 9.93. The van der Waals surface area contributed by atoms with Gasteiger partial charge in [-0.25, -0.2) is 4.79 Å². The van der Waals surface area contributed by atoms with Gasteiger partial charge in [0.25, 0.3) is 5.91 Å². The van der Waals surface area contributed by atoms with Gasteiger partial charge in [-0.15, -0.1) is 0 Å². The van der Waals surface area contributed by atoms with E-state index in [-0.39, 0.29) is 17.6 Å². The van der Waals surface area contributed by atoms with Crippen LogP contribution in [0.15, 0.2) is 29.5 Å². The van der Waals surface area contributed by atoms with Crippen LogP contribution >= 0.6 is 11.6 Å². The molecule has 2 heterocycles. The number of carbonyl (C=O) groups excluding carboxylic acids is 1. The quantitative estimate of drug-likeness (QED) is 0.918. The zero-order valence-electron chi connectivity index (χ0n) is 13.0. The van der Waals surface area contributed by atoms with E-state index in [0.29, 0.717) is 30.2 Å². The number of carboxylic acids is 1. The molecular formula is C17H18ClNO4. The van der Waals surface area contributed by atoms with Crippen molar-refractivity contribution in [1.82, 2.24) is 4.90 Å². The van der Waals surface area contributed by atoms with E-state index in [1.54, 1.807) is 6.07 Å². The zero-order valence-corrected chi connectivity index (χ0v) is 13.8. The molecule has 122 valence electrons. The third kappa shape index (κ3) is 2.81. The van der Waals surface area contributed by atoms with Crippen LogP contribution < -0.4 is 4.74 Å². The fourth-order valence-corrected chi connectivity index (χ4v) is 3.31. The first-order valence-corrected chi connectivity index (χ1v) is 7.97. The fourth-order valence-electron chi connectivity index (χ4n) is 3.08. The molecule has 1 atom stereocenters. The molecule has 1 aromatic rings. The van der Waals surface area contributed by atoms with Crippen molar-refractivity contribution in [2.45, 2.75) is 32.7 Å². The molecule has 2 aliphatic rings. The van der Waals surface area contributed by atoms with Crippen LogP contribution in [-0.4, -0.2) is 34.5 Å². The Labute approximate surface area is 139 Å². The van der Waals surface area contributed by atoms with E-state index in [1.807, 2.05) is 26.0 Å². The third-order valence-corrected chi connectivity index (χ3v) is 4.45. The van der Waals surface area contributed by atoms with Gasteiger partial charge in [-0.3, -0.25) is 4.79 Å². The Morgan fingerprint density at radius 2 is 2.17 bits per heavy atom. The molecule has 0 aliphatic carbocycles. The van der Waals surface area contributed by atoms with Crippen LogP contribution in [0, 0.1) is 5.92 Å². The first-order valence-electron chi connectivity index (χ1n) is 7.59. The van der Waals surface area contributed by atoms with Crippen LogP contribution in [0.5, 0.6) is 5.75 Å². The van der Waals surface area contributed by atoms with Gasteiger partial charge in [-0.05, 0) is 18.4 Å². The van der Waals surface area contributed by atoms with Crippen LogP contribution in [-0.2, 0) is 16.0 Å². The van der Waals surface area contributed by atoms with Crippen molar-refractivity contribution in [3.8, 4) is 5.75 Å². The Kier molecular flexibility index (Phi) is 4.06. The summed E-state index contributed by atoms with van der Waals surface area (Å²) in [5.74, 6) is -0.436. The van der Waals surface area contributed by atoms with Gasteiger partial charge in [-0.1, -0.05) is 37.6 Å². The van der Waals surface area contributed by atoms with Crippen molar-refractivity contribution in [2.75, 3.05) is 6.54 Å². The molecular weight excluding hydrogens is 318 g/mol. The van der Waals surface area contributed by atoms with E-state index >= 15 is 0 Å². The number of carboxylic acid groups (broad SMARTS) is 1. The maximum absolute atomic E-state index is 12.6. The highest BCUT2D eigenvalue weighted by atomic mass is 35.5. The van der Waals surface area contributed by atoms with Crippen molar-refractivity contribution in [3.05, 3.63) is 40.1 Å². The number of nitrogens with zero attached hydrogens (tertiary/aromatic N) is 1. The summed E-state index contributed by atoms with van der Waals surface area (Å²) in [6.45, 7) is 4.18. The molecule has 1 unspecified atom stereocenters. The van der Waals surface area contributed by atoms with Gasteiger partial charge >= 0.3 is 5.97 Å². The number of hydrogen-bond donors (Lipinski definition) is 1. The number of halogens is 1. The van der Waals surface area contributed by atoms with E-state index in [2.05, 4.69) is 0 Å². The largest absolute Gasteiger partial charge is 0.480 e. The minimum atomic E-state index is -0.984. The summed E-state index contributed by atoms with van der Waals surface area (Å²) in [6, 6.07) is 4.61. The molecule has 0 fully saturated rings. The first kappa shape index (κ1) is 15.9. The Balaban J connectivity index is 1.87. The smallest absolute Gasteiger partial charge is 0.326 e. The monoisotopic (exact) mass is 335 g/mol. The molecule has 0 saturated heterocycles. The Hall–Kier alpha value is -2.01. The lowest BCUT2D eigenvalue weighted by atomic mass is 10.0. The second-order valence-corrected chi connectivity index (χ2v) is 6.76. The molecule has 3 rings (SSSR count). The van der Waals surface area contributed by atoms with Crippen LogP contribution in [0.3, 0.4) is 0 Å². The number of para-hydroxylation sites is 1. The van der Waals surface area contributed by atoms with Gasteiger partial charge < -0.3 is 14.7 Å². The SMILES string of the molecule is CC(C)CC(C(=O)O)N1CC2=C(Oc3c(Cl)cccc3C2)C1=O. The van der Waals surface area contributed by atoms with Gasteiger partial charge in [-0.2, -0.15) is 0 Å². The third-order valence-electron chi connectivity index (χ3n) is 4.15. The molecule has 1 amide bonds. The normalized spacial score (nSPS) is 17.9. The maximum Gasteiger partial charge on any atom is 0.326 e. The number of fused-ring (bicyclic) bond motifs is 1. The zero-order chi connectivity index (χ0) is 16.7. The van der Waals surface area contributed by atoms with E-state index in [9.17, 15) is 14.7 Å². The van der Waals surface area contributed by atoms with E-state index in [0.717, 1.165) is 11.1 Å². The molecule has 1 N–H and O–H groups in total. The van der Waals surface area contributed by atoms with Crippen molar-refractivity contribution in [1.29, 1.82) is 0 Å². The van der Waals surface area contributed by atoms with Crippen molar-refractivity contribution < 1.29 is 19.4 Å². The van der Waals surface area contributed by atoms with Gasteiger partial charge in [0.1, 0.15) is 11.8 Å². The highest BCUT2D eigenvalue weighted by Crippen LogP contribution is 2.39. The molecule has 23 heavy (non-hydrogen) atoms. The Bertz CT molecular complexity index is 711. The average molecular weight is 336 g/mol. The number of benzene rings is 1. The van der Waals surface area contributed by atoms with Gasteiger partial charge in [0, 0.05) is 24.1 Å². The Morgan fingerprint density at radius 1 is 1.43 bits per heavy atom. The number of aliphatic carboxylic acids is 1. The molecule has 0 aromatic heterocycles. The van der Waals surface area contributed by atoms with Crippen LogP contribution in [0.1, 0.15) is 25.8 Å². The van der Waals surface area contributed by atoms with E-state index in [4.69, 9.17) is 16.3 Å². The number of amides is 1. The van der Waals surface area contributed by atoms with Gasteiger partial charge in [0.2, 0.25) is 0 Å². The van der Waals surface area contributed by atoms with Gasteiger partial charge in [0.05, 0.1) is 5.02 Å². The second-order valence-electron chi connectivity index (χ2n) is 6.36. The predicted octanol–water partition coefficient (Wildman–Crippen LogP) is 2.87. The second kappa shape index (κ2) is 5.89. The molecule has 0 bridgehead atoms. The summed E-state index contributed by atoms with van der Waals surface area (Å²) >= 11 is 6.13. The number of carbonyl (C=O) groups is 2. The van der Waals surface area contributed by atoms with Crippen LogP contribution in [0.25, 0.3) is 0 Å². The Morgan fingerprint density at radius 3 is 2.83 bits per heavy atom. The molecule has 0 radical (unpaired) electrons. The summed E-state index contributed by atoms with van der Waals surface area (Å²) in [6.07, 6.45) is 0.969. The maximum atomic E-state index is 12.6. The summed E-state index contributed by atoms with van der Waals surface area (Å²) in [7, 11) is 0. The molecule has 1 aromatic carbocycles. The highest BCUT2D eigenvalue weighted by Gasteiger charge is 2.41. The highest BCUT2D eigenvalue weighted by molar-refractivity contribution is 6.32. The number of rotatable bonds is 4. The van der Waals surface area contributed by atoms with E-state index < -0.39 is 12.0 Å². The minimum absolute atomic E-state index is 0.175.